The molecule has 0 aliphatic heterocycles. The number of nitrogens with one attached hydrogen (secondary N) is 2. The van der Waals surface area contributed by atoms with Crippen molar-refractivity contribution >= 4 is 21.8 Å². The summed E-state index contributed by atoms with van der Waals surface area (Å²) < 4.78 is 1.10. The van der Waals surface area contributed by atoms with Crippen LogP contribution in [0.2, 0.25) is 0 Å². The zero-order chi connectivity index (χ0) is 12.7. The molecule has 17 heavy (non-hydrogen) atoms. The highest BCUT2D eigenvalue weighted by Gasteiger charge is 2.08. The molecule has 0 aliphatic rings. The summed E-state index contributed by atoms with van der Waals surface area (Å²) in [7, 11) is 0. The molecule has 1 rings (SSSR count). The van der Waals surface area contributed by atoms with Gasteiger partial charge in [-0.25, -0.2) is 0 Å². The van der Waals surface area contributed by atoms with Gasteiger partial charge in [0.25, 0.3) is 0 Å². The van der Waals surface area contributed by atoms with Crippen LogP contribution in [-0.2, 0) is 4.79 Å². The molecule has 0 saturated carbocycles. The third-order valence-corrected chi connectivity index (χ3v) is 3.27. The van der Waals surface area contributed by atoms with E-state index in [2.05, 4.69) is 39.6 Å². The Balaban J connectivity index is 2.38. The van der Waals surface area contributed by atoms with Gasteiger partial charge in [-0.2, -0.15) is 0 Å². The molecule has 0 aromatic heterocycles. The van der Waals surface area contributed by atoms with E-state index in [9.17, 15) is 4.79 Å². The van der Waals surface area contributed by atoms with Gasteiger partial charge in [-0.3, -0.25) is 4.79 Å². The van der Waals surface area contributed by atoms with Gasteiger partial charge in [-0.1, -0.05) is 34.1 Å². The first-order valence-electron chi connectivity index (χ1n) is 5.89. The number of rotatable bonds is 6. The molecule has 0 heterocycles. The predicted octanol–water partition coefficient (Wildman–Crippen LogP) is 2.63. The molecule has 0 spiro atoms. The van der Waals surface area contributed by atoms with Crippen molar-refractivity contribution < 1.29 is 4.79 Å². The molecule has 1 amide bonds. The molecule has 1 aromatic carbocycles. The van der Waals surface area contributed by atoms with Crippen molar-refractivity contribution in [2.24, 2.45) is 0 Å². The minimum absolute atomic E-state index is 0.0966. The molecule has 3 nitrogen and oxygen atoms in total. The van der Waals surface area contributed by atoms with E-state index in [-0.39, 0.29) is 11.9 Å². The fraction of sp³-hybridized carbons (Fsp3) is 0.462. The average Bonchev–Trinajstić information content (AvgIpc) is 2.29. The highest BCUT2D eigenvalue weighted by Crippen LogP contribution is 2.22. The van der Waals surface area contributed by atoms with Crippen LogP contribution in [-0.4, -0.2) is 19.0 Å². The Labute approximate surface area is 111 Å². The second kappa shape index (κ2) is 7.45. The van der Waals surface area contributed by atoms with E-state index in [1.54, 1.807) is 0 Å². The van der Waals surface area contributed by atoms with Crippen LogP contribution in [0.25, 0.3) is 0 Å². The Hall–Kier alpha value is -0.870. The molecule has 0 fully saturated rings. The standard InChI is InChI=1S/C13H19BrN2O/c1-3-15-13(17)8-9-16-10(2)11-6-4-5-7-12(11)14/h4-7,10,16H,3,8-9H2,1-2H3,(H,15,17)/t10-/m0/s1. The van der Waals surface area contributed by atoms with Crippen molar-refractivity contribution in [1.29, 1.82) is 0 Å². The number of hydrogen-bond donors (Lipinski definition) is 2. The molecule has 0 aliphatic carbocycles. The first kappa shape index (κ1) is 14.2. The lowest BCUT2D eigenvalue weighted by Gasteiger charge is -2.15. The zero-order valence-electron chi connectivity index (χ0n) is 10.3. The Morgan fingerprint density at radius 2 is 2.12 bits per heavy atom. The monoisotopic (exact) mass is 298 g/mol. The van der Waals surface area contributed by atoms with Crippen LogP contribution in [0.3, 0.4) is 0 Å². The van der Waals surface area contributed by atoms with Crippen LogP contribution in [0.5, 0.6) is 0 Å². The van der Waals surface area contributed by atoms with Gasteiger partial charge in [-0.15, -0.1) is 0 Å². The molecule has 0 unspecified atom stereocenters. The molecule has 1 atom stereocenters. The van der Waals surface area contributed by atoms with E-state index in [0.29, 0.717) is 19.5 Å². The second-order valence-electron chi connectivity index (χ2n) is 3.90. The van der Waals surface area contributed by atoms with Gasteiger partial charge in [0.15, 0.2) is 0 Å². The SMILES string of the molecule is CCNC(=O)CCN[C@@H](C)c1ccccc1Br. The van der Waals surface area contributed by atoms with Gasteiger partial charge < -0.3 is 10.6 Å². The van der Waals surface area contributed by atoms with Crippen molar-refractivity contribution in [3.05, 3.63) is 34.3 Å². The number of carbonyl (C=O) groups is 1. The summed E-state index contributed by atoms with van der Waals surface area (Å²) in [5, 5.41) is 6.12. The van der Waals surface area contributed by atoms with Gasteiger partial charge in [0.2, 0.25) is 5.91 Å². The third kappa shape index (κ3) is 4.88. The number of amides is 1. The summed E-state index contributed by atoms with van der Waals surface area (Å²) in [6.07, 6.45) is 0.517. The summed E-state index contributed by atoms with van der Waals surface area (Å²) in [4.78, 5) is 11.3. The van der Waals surface area contributed by atoms with Gasteiger partial charge in [-0.05, 0) is 25.5 Å². The second-order valence-corrected chi connectivity index (χ2v) is 4.76. The molecule has 1 aromatic rings. The summed E-state index contributed by atoms with van der Waals surface area (Å²) >= 11 is 3.52. The first-order chi connectivity index (χ1) is 8.15. The highest BCUT2D eigenvalue weighted by molar-refractivity contribution is 9.10. The maximum Gasteiger partial charge on any atom is 0.221 e. The molecule has 0 bridgehead atoms. The largest absolute Gasteiger partial charge is 0.356 e. The lowest BCUT2D eigenvalue weighted by molar-refractivity contribution is -0.120. The molecule has 2 N–H and O–H groups in total. The number of benzene rings is 1. The first-order valence-corrected chi connectivity index (χ1v) is 6.69. The summed E-state index contributed by atoms with van der Waals surface area (Å²) in [6.45, 7) is 5.40. The fourth-order valence-corrected chi connectivity index (χ4v) is 2.25. The maximum atomic E-state index is 11.3. The summed E-state index contributed by atoms with van der Waals surface area (Å²) in [5.74, 6) is 0.0966. The number of carbonyl (C=O) groups excluding carboxylic acids is 1. The normalized spacial score (nSPS) is 12.2. The Kier molecular flexibility index (Phi) is 6.22. The molecule has 94 valence electrons. The fourth-order valence-electron chi connectivity index (χ4n) is 1.62. The van der Waals surface area contributed by atoms with Crippen molar-refractivity contribution in [3.8, 4) is 0 Å². The Morgan fingerprint density at radius 3 is 2.76 bits per heavy atom. The van der Waals surface area contributed by atoms with Crippen LogP contribution >= 0.6 is 15.9 Å². The minimum Gasteiger partial charge on any atom is -0.356 e. The van der Waals surface area contributed by atoms with Crippen molar-refractivity contribution in [2.75, 3.05) is 13.1 Å². The van der Waals surface area contributed by atoms with Crippen molar-refractivity contribution in [3.63, 3.8) is 0 Å². The van der Waals surface area contributed by atoms with Crippen LogP contribution in [0, 0.1) is 0 Å². The smallest absolute Gasteiger partial charge is 0.221 e. The van der Waals surface area contributed by atoms with Crippen molar-refractivity contribution in [2.45, 2.75) is 26.3 Å². The topological polar surface area (TPSA) is 41.1 Å². The highest BCUT2D eigenvalue weighted by atomic mass is 79.9. The molecule has 0 radical (unpaired) electrons. The average molecular weight is 299 g/mol. The van der Waals surface area contributed by atoms with Crippen LogP contribution in [0.4, 0.5) is 0 Å². The summed E-state index contributed by atoms with van der Waals surface area (Å²) in [5.41, 5.74) is 1.21. The Morgan fingerprint density at radius 1 is 1.41 bits per heavy atom. The molecule has 4 heteroatoms. The number of halogens is 1. The molecular formula is C13H19BrN2O. The third-order valence-electron chi connectivity index (χ3n) is 2.55. The van der Waals surface area contributed by atoms with Gasteiger partial charge in [0, 0.05) is 30.0 Å². The van der Waals surface area contributed by atoms with E-state index >= 15 is 0 Å². The van der Waals surface area contributed by atoms with Gasteiger partial charge in [0.05, 0.1) is 0 Å². The molecule has 0 saturated heterocycles. The number of hydrogen-bond acceptors (Lipinski definition) is 2. The zero-order valence-corrected chi connectivity index (χ0v) is 11.9. The van der Waals surface area contributed by atoms with Crippen LogP contribution in [0.1, 0.15) is 31.9 Å². The van der Waals surface area contributed by atoms with E-state index in [1.807, 2.05) is 25.1 Å². The van der Waals surface area contributed by atoms with Gasteiger partial charge in [0.1, 0.15) is 0 Å². The van der Waals surface area contributed by atoms with E-state index in [0.717, 1.165) is 4.47 Å². The Bertz CT molecular complexity index is 368. The summed E-state index contributed by atoms with van der Waals surface area (Å²) in [6, 6.07) is 8.35. The maximum absolute atomic E-state index is 11.3. The van der Waals surface area contributed by atoms with E-state index in [4.69, 9.17) is 0 Å². The van der Waals surface area contributed by atoms with Gasteiger partial charge >= 0.3 is 0 Å². The lowest BCUT2D eigenvalue weighted by Crippen LogP contribution is -2.28. The van der Waals surface area contributed by atoms with E-state index in [1.165, 1.54) is 5.56 Å². The van der Waals surface area contributed by atoms with E-state index < -0.39 is 0 Å². The minimum atomic E-state index is 0.0966. The molecular weight excluding hydrogens is 280 g/mol. The quantitative estimate of drug-likeness (QED) is 0.848. The van der Waals surface area contributed by atoms with Crippen LogP contribution < -0.4 is 10.6 Å². The predicted molar refractivity (Wildman–Crippen MR) is 73.9 cm³/mol. The lowest BCUT2D eigenvalue weighted by atomic mass is 10.1. The van der Waals surface area contributed by atoms with Crippen molar-refractivity contribution in [1.82, 2.24) is 10.6 Å². The van der Waals surface area contributed by atoms with Crippen LogP contribution in [0.15, 0.2) is 28.7 Å².